The highest BCUT2D eigenvalue weighted by Gasteiger charge is 2.23. The molecule has 2 aromatic rings. The number of hydrogen-bond donors (Lipinski definition) is 1. The van der Waals surface area contributed by atoms with Crippen LogP contribution in [-0.4, -0.2) is 41.2 Å². The van der Waals surface area contributed by atoms with Gasteiger partial charge in [-0.3, -0.25) is 4.39 Å². The van der Waals surface area contributed by atoms with Gasteiger partial charge in [-0.15, -0.1) is 0 Å². The van der Waals surface area contributed by atoms with E-state index in [1.165, 1.54) is 18.4 Å². The van der Waals surface area contributed by atoms with E-state index in [4.69, 9.17) is 4.98 Å². The van der Waals surface area contributed by atoms with E-state index < -0.39 is 0 Å². The Morgan fingerprint density at radius 1 is 1.45 bits per heavy atom. The number of aryl methyl sites for hydroxylation is 1. The third-order valence-corrected chi connectivity index (χ3v) is 4.16. The standard InChI is InChI=1S/C16H22FN3/c1-12-5-6-14-15(10-12)19-16(18-14)13-4-2-8-20(11-13)9-3-7-17/h5-6,10,13H,2-4,7-9,11H2,1H3,(H,18,19)/t13-/m0/s1. The third kappa shape index (κ3) is 2.85. The lowest BCUT2D eigenvalue weighted by molar-refractivity contribution is 0.197. The molecule has 1 aliphatic rings. The van der Waals surface area contributed by atoms with Gasteiger partial charge in [0, 0.05) is 19.0 Å². The molecular formula is C16H22FN3. The van der Waals surface area contributed by atoms with Crippen molar-refractivity contribution in [2.75, 3.05) is 26.3 Å². The van der Waals surface area contributed by atoms with Gasteiger partial charge < -0.3 is 9.88 Å². The van der Waals surface area contributed by atoms with Gasteiger partial charge in [-0.25, -0.2) is 4.98 Å². The first kappa shape index (κ1) is 13.6. The summed E-state index contributed by atoms with van der Waals surface area (Å²) in [6.45, 7) is 4.84. The van der Waals surface area contributed by atoms with Crippen molar-refractivity contribution in [3.05, 3.63) is 29.6 Å². The molecule has 0 spiro atoms. The first-order valence-electron chi connectivity index (χ1n) is 7.51. The van der Waals surface area contributed by atoms with E-state index in [1.807, 2.05) is 0 Å². The van der Waals surface area contributed by atoms with Crippen molar-refractivity contribution in [2.45, 2.75) is 32.1 Å². The predicted molar refractivity (Wildman–Crippen MR) is 79.8 cm³/mol. The van der Waals surface area contributed by atoms with E-state index in [1.54, 1.807) is 0 Å². The Kier molecular flexibility index (Phi) is 4.01. The van der Waals surface area contributed by atoms with E-state index >= 15 is 0 Å². The number of alkyl halides is 1. The SMILES string of the molecule is Cc1ccc2nc([C@H]3CCCN(CCCF)C3)[nH]c2c1. The summed E-state index contributed by atoms with van der Waals surface area (Å²) in [6, 6.07) is 6.32. The average molecular weight is 275 g/mol. The topological polar surface area (TPSA) is 31.9 Å². The molecule has 1 aromatic carbocycles. The second-order valence-corrected chi connectivity index (χ2v) is 5.82. The molecular weight excluding hydrogens is 253 g/mol. The average Bonchev–Trinajstić information content (AvgIpc) is 2.88. The molecule has 1 aromatic heterocycles. The Balaban J connectivity index is 1.76. The van der Waals surface area contributed by atoms with Crippen molar-refractivity contribution < 1.29 is 4.39 Å². The zero-order chi connectivity index (χ0) is 13.9. The summed E-state index contributed by atoms with van der Waals surface area (Å²) >= 11 is 0. The van der Waals surface area contributed by atoms with Crippen LogP contribution in [0.25, 0.3) is 11.0 Å². The Bertz CT molecular complexity index is 578. The first-order chi connectivity index (χ1) is 9.76. The molecule has 1 saturated heterocycles. The molecule has 0 saturated carbocycles. The van der Waals surface area contributed by atoms with Gasteiger partial charge in [-0.1, -0.05) is 6.07 Å². The van der Waals surface area contributed by atoms with Crippen LogP contribution in [0.3, 0.4) is 0 Å². The highest BCUT2D eigenvalue weighted by molar-refractivity contribution is 5.75. The van der Waals surface area contributed by atoms with Gasteiger partial charge >= 0.3 is 0 Å². The second-order valence-electron chi connectivity index (χ2n) is 5.82. The number of aromatic nitrogens is 2. The van der Waals surface area contributed by atoms with Crippen LogP contribution >= 0.6 is 0 Å². The Labute approximate surface area is 119 Å². The van der Waals surface area contributed by atoms with E-state index in [2.05, 4.69) is 35.0 Å². The summed E-state index contributed by atoms with van der Waals surface area (Å²) in [4.78, 5) is 10.6. The van der Waals surface area contributed by atoms with Crippen LogP contribution in [0.2, 0.25) is 0 Å². The van der Waals surface area contributed by atoms with Crippen LogP contribution in [0.15, 0.2) is 18.2 Å². The second kappa shape index (κ2) is 5.92. The molecule has 1 N–H and O–H groups in total. The lowest BCUT2D eigenvalue weighted by atomic mass is 9.97. The molecule has 3 nitrogen and oxygen atoms in total. The molecule has 1 fully saturated rings. The number of hydrogen-bond acceptors (Lipinski definition) is 2. The maximum Gasteiger partial charge on any atom is 0.111 e. The number of nitrogens with zero attached hydrogens (tertiary/aromatic N) is 2. The number of rotatable bonds is 4. The van der Waals surface area contributed by atoms with E-state index in [-0.39, 0.29) is 6.67 Å². The van der Waals surface area contributed by atoms with Gasteiger partial charge in [-0.05, 0) is 50.4 Å². The highest BCUT2D eigenvalue weighted by atomic mass is 19.1. The summed E-state index contributed by atoms with van der Waals surface area (Å²) in [6.07, 6.45) is 2.99. The van der Waals surface area contributed by atoms with Crippen LogP contribution in [0.1, 0.15) is 36.6 Å². The number of fused-ring (bicyclic) bond motifs is 1. The molecule has 2 heterocycles. The quantitative estimate of drug-likeness (QED) is 0.927. The van der Waals surface area contributed by atoms with E-state index in [9.17, 15) is 4.39 Å². The van der Waals surface area contributed by atoms with Crippen molar-refractivity contribution >= 4 is 11.0 Å². The van der Waals surface area contributed by atoms with Crippen LogP contribution in [0.4, 0.5) is 4.39 Å². The number of halogens is 1. The largest absolute Gasteiger partial charge is 0.342 e. The summed E-state index contributed by atoms with van der Waals surface area (Å²) in [7, 11) is 0. The molecule has 4 heteroatoms. The summed E-state index contributed by atoms with van der Waals surface area (Å²) in [5.74, 6) is 1.55. The third-order valence-electron chi connectivity index (χ3n) is 4.16. The lowest BCUT2D eigenvalue weighted by Crippen LogP contribution is -2.35. The fourth-order valence-electron chi connectivity index (χ4n) is 3.10. The number of imidazole rings is 1. The van der Waals surface area contributed by atoms with Crippen molar-refractivity contribution in [1.29, 1.82) is 0 Å². The molecule has 20 heavy (non-hydrogen) atoms. The number of aromatic amines is 1. The van der Waals surface area contributed by atoms with Crippen molar-refractivity contribution in [3.63, 3.8) is 0 Å². The zero-order valence-corrected chi connectivity index (χ0v) is 12.0. The van der Waals surface area contributed by atoms with Crippen molar-refractivity contribution in [1.82, 2.24) is 14.9 Å². The number of piperidine rings is 1. The molecule has 3 rings (SSSR count). The molecule has 0 bridgehead atoms. The molecule has 1 aliphatic heterocycles. The zero-order valence-electron chi connectivity index (χ0n) is 12.0. The van der Waals surface area contributed by atoms with E-state index in [0.29, 0.717) is 12.3 Å². The van der Waals surface area contributed by atoms with Crippen molar-refractivity contribution in [3.8, 4) is 0 Å². The van der Waals surface area contributed by atoms with Crippen LogP contribution in [0, 0.1) is 6.92 Å². The maximum atomic E-state index is 12.3. The smallest absolute Gasteiger partial charge is 0.111 e. The molecule has 108 valence electrons. The Morgan fingerprint density at radius 2 is 2.35 bits per heavy atom. The lowest BCUT2D eigenvalue weighted by Gasteiger charge is -2.31. The van der Waals surface area contributed by atoms with Gasteiger partial charge in [0.05, 0.1) is 17.7 Å². The number of H-pyrrole nitrogens is 1. The minimum Gasteiger partial charge on any atom is -0.342 e. The summed E-state index contributed by atoms with van der Waals surface area (Å²) in [5.41, 5.74) is 3.42. The van der Waals surface area contributed by atoms with Crippen LogP contribution in [0.5, 0.6) is 0 Å². The van der Waals surface area contributed by atoms with Gasteiger partial charge in [0.1, 0.15) is 5.82 Å². The van der Waals surface area contributed by atoms with Gasteiger partial charge in [0.2, 0.25) is 0 Å². The molecule has 0 amide bonds. The fraction of sp³-hybridized carbons (Fsp3) is 0.562. The van der Waals surface area contributed by atoms with Gasteiger partial charge in [0.15, 0.2) is 0 Å². The maximum absolute atomic E-state index is 12.3. The number of benzene rings is 1. The predicted octanol–water partition coefficient (Wildman–Crippen LogP) is 3.41. The summed E-state index contributed by atoms with van der Waals surface area (Å²) in [5, 5.41) is 0. The normalized spacial score (nSPS) is 20.6. The molecule has 1 atom stereocenters. The molecule has 0 unspecified atom stereocenters. The fourth-order valence-corrected chi connectivity index (χ4v) is 3.10. The Morgan fingerprint density at radius 3 is 3.20 bits per heavy atom. The highest BCUT2D eigenvalue weighted by Crippen LogP contribution is 2.27. The minimum absolute atomic E-state index is 0.217. The van der Waals surface area contributed by atoms with Crippen LogP contribution < -0.4 is 0 Å². The van der Waals surface area contributed by atoms with Gasteiger partial charge in [-0.2, -0.15) is 0 Å². The monoisotopic (exact) mass is 275 g/mol. The number of nitrogens with one attached hydrogen (secondary N) is 1. The number of likely N-dealkylation sites (tertiary alicyclic amines) is 1. The van der Waals surface area contributed by atoms with Crippen molar-refractivity contribution in [2.24, 2.45) is 0 Å². The van der Waals surface area contributed by atoms with Gasteiger partial charge in [0.25, 0.3) is 0 Å². The van der Waals surface area contributed by atoms with Crippen LogP contribution in [-0.2, 0) is 0 Å². The minimum atomic E-state index is -0.217. The summed E-state index contributed by atoms with van der Waals surface area (Å²) < 4.78 is 12.3. The Hall–Kier alpha value is -1.42. The van der Waals surface area contributed by atoms with E-state index in [0.717, 1.165) is 36.5 Å². The first-order valence-corrected chi connectivity index (χ1v) is 7.51. The molecule has 0 radical (unpaired) electrons. The molecule has 0 aliphatic carbocycles.